The molecule has 0 aromatic heterocycles. The van der Waals surface area contributed by atoms with Crippen molar-refractivity contribution in [2.24, 2.45) is 17.6 Å². The van der Waals surface area contributed by atoms with E-state index in [1.54, 1.807) is 19.3 Å². The van der Waals surface area contributed by atoms with E-state index in [0.29, 0.717) is 0 Å². The lowest BCUT2D eigenvalue weighted by Gasteiger charge is -1.80. The molecule has 2 aliphatic rings. The molecule has 2 rings (SSSR count). The van der Waals surface area contributed by atoms with Crippen molar-refractivity contribution in [3.63, 3.8) is 0 Å². The van der Waals surface area contributed by atoms with Crippen LogP contribution in [0.25, 0.3) is 0 Å². The van der Waals surface area contributed by atoms with Gasteiger partial charge in [0, 0.05) is 0 Å². The van der Waals surface area contributed by atoms with E-state index in [-0.39, 0.29) is 12.3 Å². The first-order valence-corrected chi connectivity index (χ1v) is 4.43. The molecule has 0 aromatic carbocycles. The summed E-state index contributed by atoms with van der Waals surface area (Å²) in [4.78, 5) is 9.69. The topological polar surface area (TPSA) is 43.1 Å². The van der Waals surface area contributed by atoms with Crippen LogP contribution in [0.2, 0.25) is 0 Å². The summed E-state index contributed by atoms with van der Waals surface area (Å²) in [6, 6.07) is 0. The molecule has 0 spiro atoms. The highest BCUT2D eigenvalue weighted by molar-refractivity contribution is 5.77. The average Bonchev–Trinajstić information content (AvgIpc) is 2.61. The zero-order chi connectivity index (χ0) is 8.27. The molecule has 0 aromatic rings. The highest BCUT2D eigenvalue weighted by Gasteiger charge is 2.40. The number of Topliss-reactive ketones (excluding diaryl/α,β-unsaturated/α-hetero) is 1. The lowest BCUT2D eigenvalue weighted by Crippen LogP contribution is -2.07. The number of ketones is 1. The third-order valence-electron chi connectivity index (χ3n) is 2.51. The van der Waals surface area contributed by atoms with Gasteiger partial charge in [-0.15, -0.1) is 0 Å². The zero-order valence-electron chi connectivity index (χ0n) is 7.18. The zero-order valence-corrected chi connectivity index (χ0v) is 7.18. The van der Waals surface area contributed by atoms with Gasteiger partial charge in [0.1, 0.15) is 5.78 Å². The van der Waals surface area contributed by atoms with Crippen LogP contribution in [0.3, 0.4) is 0 Å². The van der Waals surface area contributed by atoms with Crippen molar-refractivity contribution in [1.29, 1.82) is 0 Å². The second kappa shape index (κ2) is 3.86. The number of carbonyl (C=O) groups is 1. The summed E-state index contributed by atoms with van der Waals surface area (Å²) < 4.78 is 0. The molecule has 0 radical (unpaired) electrons. The fourth-order valence-electron chi connectivity index (χ4n) is 1.66. The van der Waals surface area contributed by atoms with Gasteiger partial charge in [-0.1, -0.05) is 19.3 Å². The molecule has 0 bridgehead atoms. The Balaban J connectivity index is 0.000000114. The van der Waals surface area contributed by atoms with Crippen LogP contribution in [0.5, 0.6) is 0 Å². The molecule has 11 heavy (non-hydrogen) atoms. The summed E-state index contributed by atoms with van der Waals surface area (Å²) in [5, 5.41) is 0. The molecule has 2 aliphatic carbocycles. The van der Waals surface area contributed by atoms with Crippen molar-refractivity contribution in [3.05, 3.63) is 0 Å². The van der Waals surface area contributed by atoms with Gasteiger partial charge in [0.15, 0.2) is 0 Å². The molecule has 2 heteroatoms. The summed E-state index contributed by atoms with van der Waals surface area (Å²) in [6.45, 7) is 1.62. The van der Waals surface area contributed by atoms with Gasteiger partial charge >= 0.3 is 0 Å². The Hall–Kier alpha value is -0.370. The van der Waals surface area contributed by atoms with Crippen LogP contribution >= 0.6 is 0 Å². The minimum atomic E-state index is 0.0324. The van der Waals surface area contributed by atoms with Crippen molar-refractivity contribution >= 4 is 5.78 Å². The molecule has 2 fully saturated rings. The highest BCUT2D eigenvalue weighted by atomic mass is 16.1. The van der Waals surface area contributed by atoms with Gasteiger partial charge in [0.05, 0.1) is 6.54 Å². The summed E-state index contributed by atoms with van der Waals surface area (Å²) in [6.07, 6.45) is 6.24. The lowest BCUT2D eigenvalue weighted by atomic mass is 10.3. The van der Waals surface area contributed by atoms with E-state index in [4.69, 9.17) is 5.73 Å². The molecule has 2 atom stereocenters. The number of hydrogen-bond acceptors (Lipinski definition) is 2. The quantitative estimate of drug-likeness (QED) is 0.621. The SMILES string of the molecule is C1CC2CC2C1.CC(=O)CN. The first-order chi connectivity index (χ1) is 5.24. The van der Waals surface area contributed by atoms with Gasteiger partial charge in [-0.3, -0.25) is 4.79 Å². The van der Waals surface area contributed by atoms with Crippen LogP contribution < -0.4 is 5.73 Å². The van der Waals surface area contributed by atoms with Crippen LogP contribution in [0.15, 0.2) is 0 Å². The molecule has 64 valence electrons. The Bertz CT molecular complexity index is 136. The van der Waals surface area contributed by atoms with Gasteiger partial charge in [-0.2, -0.15) is 0 Å². The Labute approximate surface area is 68.2 Å². The highest BCUT2D eigenvalue weighted by Crippen LogP contribution is 2.51. The maximum absolute atomic E-state index is 9.69. The molecule has 0 saturated heterocycles. The molecule has 2 saturated carbocycles. The predicted molar refractivity (Wildman–Crippen MR) is 45.2 cm³/mol. The van der Waals surface area contributed by atoms with Crippen molar-refractivity contribution in [3.8, 4) is 0 Å². The van der Waals surface area contributed by atoms with Crippen LogP contribution in [0.1, 0.15) is 32.6 Å². The molecule has 2 unspecified atom stereocenters. The molecule has 0 amide bonds. The normalized spacial score (nSPS) is 31.8. The second-order valence-corrected chi connectivity index (χ2v) is 3.59. The predicted octanol–water partition coefficient (Wildman–Crippen LogP) is 1.34. The fourth-order valence-corrected chi connectivity index (χ4v) is 1.66. The largest absolute Gasteiger partial charge is 0.324 e. The molecular weight excluding hydrogens is 138 g/mol. The van der Waals surface area contributed by atoms with E-state index in [1.165, 1.54) is 25.2 Å². The maximum atomic E-state index is 9.69. The number of hydrogen-bond donors (Lipinski definition) is 1. The first kappa shape index (κ1) is 8.72. The van der Waals surface area contributed by atoms with Gasteiger partial charge < -0.3 is 5.73 Å². The van der Waals surface area contributed by atoms with E-state index in [1.807, 2.05) is 0 Å². The summed E-state index contributed by atoms with van der Waals surface area (Å²) in [7, 11) is 0. The number of fused-ring (bicyclic) bond motifs is 1. The molecule has 0 aliphatic heterocycles. The van der Waals surface area contributed by atoms with Crippen molar-refractivity contribution in [2.75, 3.05) is 6.54 Å². The van der Waals surface area contributed by atoms with Crippen LogP contribution in [-0.2, 0) is 4.79 Å². The van der Waals surface area contributed by atoms with Crippen LogP contribution in [0, 0.1) is 11.8 Å². The molecular formula is C9H17NO. The Kier molecular flexibility index (Phi) is 3.06. The Morgan fingerprint density at radius 3 is 2.00 bits per heavy atom. The third-order valence-corrected chi connectivity index (χ3v) is 2.51. The minimum absolute atomic E-state index is 0.0324. The van der Waals surface area contributed by atoms with E-state index >= 15 is 0 Å². The van der Waals surface area contributed by atoms with Gasteiger partial charge in [-0.05, 0) is 25.2 Å². The first-order valence-electron chi connectivity index (χ1n) is 4.43. The molecule has 2 nitrogen and oxygen atoms in total. The maximum Gasteiger partial charge on any atom is 0.143 e. The van der Waals surface area contributed by atoms with E-state index in [9.17, 15) is 4.79 Å². The number of rotatable bonds is 1. The standard InChI is InChI=1S/C6H10.C3H7NO/c1-2-5-4-6(5)3-1;1-3(5)2-4/h5-6H,1-4H2;2,4H2,1H3. The van der Waals surface area contributed by atoms with Gasteiger partial charge in [0.2, 0.25) is 0 Å². The summed E-state index contributed by atoms with van der Waals surface area (Å²) in [5.74, 6) is 2.46. The Morgan fingerprint density at radius 2 is 1.91 bits per heavy atom. The minimum Gasteiger partial charge on any atom is -0.324 e. The molecule has 0 heterocycles. The van der Waals surface area contributed by atoms with Crippen molar-refractivity contribution in [1.82, 2.24) is 0 Å². The second-order valence-electron chi connectivity index (χ2n) is 3.59. The van der Waals surface area contributed by atoms with Crippen molar-refractivity contribution in [2.45, 2.75) is 32.6 Å². The lowest BCUT2D eigenvalue weighted by molar-refractivity contribution is -0.115. The summed E-state index contributed by atoms with van der Waals surface area (Å²) in [5.41, 5.74) is 4.82. The fraction of sp³-hybridized carbons (Fsp3) is 0.889. The number of carbonyl (C=O) groups excluding carboxylic acids is 1. The van der Waals surface area contributed by atoms with Crippen molar-refractivity contribution < 1.29 is 4.79 Å². The number of nitrogens with two attached hydrogens (primary N) is 1. The average molecular weight is 155 g/mol. The smallest absolute Gasteiger partial charge is 0.143 e. The molecule has 2 N–H and O–H groups in total. The monoisotopic (exact) mass is 155 g/mol. The third kappa shape index (κ3) is 3.02. The van der Waals surface area contributed by atoms with E-state index in [0.717, 1.165) is 0 Å². The van der Waals surface area contributed by atoms with E-state index in [2.05, 4.69) is 0 Å². The summed E-state index contributed by atoms with van der Waals surface area (Å²) >= 11 is 0. The van der Waals surface area contributed by atoms with E-state index < -0.39 is 0 Å². The van der Waals surface area contributed by atoms with Gasteiger partial charge in [-0.25, -0.2) is 0 Å². The Morgan fingerprint density at radius 1 is 1.45 bits per heavy atom. The van der Waals surface area contributed by atoms with Gasteiger partial charge in [0.25, 0.3) is 0 Å². The van der Waals surface area contributed by atoms with Crippen LogP contribution in [0.4, 0.5) is 0 Å². The van der Waals surface area contributed by atoms with Crippen LogP contribution in [-0.4, -0.2) is 12.3 Å².